The van der Waals surface area contributed by atoms with Crippen molar-refractivity contribution in [3.8, 4) is 0 Å². The quantitative estimate of drug-likeness (QED) is 0.636. The van der Waals surface area contributed by atoms with E-state index in [1.165, 1.54) is 12.1 Å². The Morgan fingerprint density at radius 3 is 2.43 bits per heavy atom. The van der Waals surface area contributed by atoms with Crippen molar-refractivity contribution in [2.75, 3.05) is 16.8 Å². The van der Waals surface area contributed by atoms with E-state index in [0.717, 1.165) is 16.0 Å². The highest BCUT2D eigenvalue weighted by atomic mass is 16.5. The lowest BCUT2D eigenvalue weighted by Crippen LogP contribution is -2.28. The molecule has 0 atom stereocenters. The normalized spacial score (nSPS) is 13.6. The molecule has 2 aromatic rings. The number of amides is 3. The van der Waals surface area contributed by atoms with Crippen molar-refractivity contribution in [1.82, 2.24) is 0 Å². The number of ether oxygens (including phenoxy) is 1. The summed E-state index contributed by atoms with van der Waals surface area (Å²) in [5, 5.41) is 2.70. The van der Waals surface area contributed by atoms with Crippen LogP contribution in [0.25, 0.3) is 0 Å². The fourth-order valence-electron chi connectivity index (χ4n) is 2.99. The van der Waals surface area contributed by atoms with E-state index in [9.17, 15) is 19.2 Å². The molecule has 0 aromatic heterocycles. The fourth-order valence-corrected chi connectivity index (χ4v) is 2.99. The first-order chi connectivity index (χ1) is 13.3. The average molecular weight is 380 g/mol. The highest BCUT2D eigenvalue weighted by Crippen LogP contribution is 2.23. The van der Waals surface area contributed by atoms with E-state index >= 15 is 0 Å². The van der Waals surface area contributed by atoms with Crippen LogP contribution in [-0.2, 0) is 19.1 Å². The van der Waals surface area contributed by atoms with Gasteiger partial charge in [0.15, 0.2) is 6.61 Å². The molecule has 1 heterocycles. The van der Waals surface area contributed by atoms with Gasteiger partial charge in [-0.3, -0.25) is 19.3 Å². The molecule has 2 aromatic carbocycles. The van der Waals surface area contributed by atoms with Crippen LogP contribution in [-0.4, -0.2) is 30.3 Å². The second-order valence-electron chi connectivity index (χ2n) is 6.62. The van der Waals surface area contributed by atoms with Gasteiger partial charge >= 0.3 is 5.97 Å². The Morgan fingerprint density at radius 1 is 1.04 bits per heavy atom. The Labute approximate surface area is 162 Å². The predicted molar refractivity (Wildman–Crippen MR) is 103 cm³/mol. The zero-order valence-electron chi connectivity index (χ0n) is 15.7. The largest absolute Gasteiger partial charge is 0.452 e. The van der Waals surface area contributed by atoms with Gasteiger partial charge in [0, 0.05) is 18.5 Å². The molecule has 7 heteroatoms. The molecule has 1 aliphatic heterocycles. The molecule has 1 fully saturated rings. The van der Waals surface area contributed by atoms with E-state index in [-0.39, 0.29) is 30.2 Å². The SMILES string of the molecule is Cc1ccc(NC(=O)COC(=O)c2cccc(N3C(=O)CCC3=O)c2)c(C)c1. The maximum atomic E-state index is 12.3. The summed E-state index contributed by atoms with van der Waals surface area (Å²) in [5.41, 5.74) is 3.12. The van der Waals surface area contributed by atoms with Crippen LogP contribution in [0.15, 0.2) is 42.5 Å². The van der Waals surface area contributed by atoms with Crippen molar-refractivity contribution < 1.29 is 23.9 Å². The highest BCUT2D eigenvalue weighted by molar-refractivity contribution is 6.20. The maximum absolute atomic E-state index is 12.3. The molecule has 0 unspecified atom stereocenters. The molecule has 28 heavy (non-hydrogen) atoms. The first-order valence-electron chi connectivity index (χ1n) is 8.85. The van der Waals surface area contributed by atoms with Gasteiger partial charge in [0.2, 0.25) is 11.8 Å². The molecular formula is C21H20N2O5. The van der Waals surface area contributed by atoms with Gasteiger partial charge in [-0.15, -0.1) is 0 Å². The number of imide groups is 1. The van der Waals surface area contributed by atoms with E-state index in [0.29, 0.717) is 11.4 Å². The number of aryl methyl sites for hydroxylation is 2. The van der Waals surface area contributed by atoms with Gasteiger partial charge in [-0.1, -0.05) is 23.8 Å². The Morgan fingerprint density at radius 2 is 1.75 bits per heavy atom. The molecule has 1 N–H and O–H groups in total. The number of anilines is 2. The van der Waals surface area contributed by atoms with Crippen molar-refractivity contribution in [1.29, 1.82) is 0 Å². The second-order valence-corrected chi connectivity index (χ2v) is 6.62. The minimum atomic E-state index is -0.711. The van der Waals surface area contributed by atoms with Crippen molar-refractivity contribution in [3.05, 3.63) is 59.2 Å². The Hall–Kier alpha value is -3.48. The van der Waals surface area contributed by atoms with Crippen molar-refractivity contribution in [3.63, 3.8) is 0 Å². The Kier molecular flexibility index (Phi) is 5.54. The zero-order chi connectivity index (χ0) is 20.3. The number of nitrogens with zero attached hydrogens (tertiary/aromatic N) is 1. The first-order valence-corrected chi connectivity index (χ1v) is 8.85. The van der Waals surface area contributed by atoms with Crippen LogP contribution < -0.4 is 10.2 Å². The van der Waals surface area contributed by atoms with E-state index in [2.05, 4.69) is 5.32 Å². The topological polar surface area (TPSA) is 92.8 Å². The molecule has 144 valence electrons. The van der Waals surface area contributed by atoms with Gasteiger partial charge < -0.3 is 10.1 Å². The van der Waals surface area contributed by atoms with Crippen LogP contribution in [0.4, 0.5) is 11.4 Å². The van der Waals surface area contributed by atoms with Gasteiger partial charge in [0.25, 0.3) is 5.91 Å². The lowest BCUT2D eigenvalue weighted by molar-refractivity contribution is -0.121. The Balaban J connectivity index is 1.62. The highest BCUT2D eigenvalue weighted by Gasteiger charge is 2.30. The summed E-state index contributed by atoms with van der Waals surface area (Å²) < 4.78 is 5.06. The molecule has 0 bridgehead atoms. The summed E-state index contributed by atoms with van der Waals surface area (Å²) in [6, 6.07) is 11.6. The Bertz CT molecular complexity index is 951. The molecular weight excluding hydrogens is 360 g/mol. The molecule has 0 spiro atoms. The van der Waals surface area contributed by atoms with E-state index in [1.54, 1.807) is 18.2 Å². The molecule has 3 rings (SSSR count). The fraction of sp³-hybridized carbons (Fsp3) is 0.238. The summed E-state index contributed by atoms with van der Waals surface area (Å²) in [7, 11) is 0. The lowest BCUT2D eigenvalue weighted by atomic mass is 10.1. The van der Waals surface area contributed by atoms with Crippen LogP contribution in [0.1, 0.15) is 34.3 Å². The van der Waals surface area contributed by atoms with E-state index < -0.39 is 18.5 Å². The van der Waals surface area contributed by atoms with Crippen LogP contribution >= 0.6 is 0 Å². The third-order valence-corrected chi connectivity index (χ3v) is 4.38. The third-order valence-electron chi connectivity index (χ3n) is 4.38. The monoisotopic (exact) mass is 380 g/mol. The number of carbonyl (C=O) groups excluding carboxylic acids is 4. The minimum absolute atomic E-state index is 0.157. The van der Waals surface area contributed by atoms with Gasteiger partial charge in [-0.05, 0) is 43.7 Å². The summed E-state index contributed by atoms with van der Waals surface area (Å²) in [5.74, 6) is -1.77. The number of nitrogens with one attached hydrogen (secondary N) is 1. The van der Waals surface area contributed by atoms with Crippen molar-refractivity contribution in [2.24, 2.45) is 0 Å². The van der Waals surface area contributed by atoms with E-state index in [4.69, 9.17) is 4.74 Å². The average Bonchev–Trinajstić information content (AvgIpc) is 3.00. The van der Waals surface area contributed by atoms with Crippen LogP contribution in [0.5, 0.6) is 0 Å². The van der Waals surface area contributed by atoms with Gasteiger partial charge in [-0.2, -0.15) is 0 Å². The smallest absolute Gasteiger partial charge is 0.338 e. The summed E-state index contributed by atoms with van der Waals surface area (Å²) >= 11 is 0. The molecule has 0 radical (unpaired) electrons. The molecule has 1 saturated heterocycles. The number of carbonyl (C=O) groups is 4. The van der Waals surface area contributed by atoms with Crippen LogP contribution in [0, 0.1) is 13.8 Å². The van der Waals surface area contributed by atoms with Gasteiger partial charge in [0.1, 0.15) is 0 Å². The van der Waals surface area contributed by atoms with Crippen LogP contribution in [0.3, 0.4) is 0 Å². The number of rotatable bonds is 5. The minimum Gasteiger partial charge on any atom is -0.452 e. The summed E-state index contributed by atoms with van der Waals surface area (Å²) in [6.07, 6.45) is 0.318. The zero-order valence-corrected chi connectivity index (χ0v) is 15.7. The number of hydrogen-bond donors (Lipinski definition) is 1. The molecule has 3 amide bonds. The molecule has 0 aliphatic carbocycles. The summed E-state index contributed by atoms with van der Waals surface area (Å²) in [4.78, 5) is 49.1. The number of esters is 1. The predicted octanol–water partition coefficient (Wildman–Crippen LogP) is 2.75. The maximum Gasteiger partial charge on any atom is 0.338 e. The van der Waals surface area contributed by atoms with E-state index in [1.807, 2.05) is 26.0 Å². The number of hydrogen-bond acceptors (Lipinski definition) is 5. The van der Waals surface area contributed by atoms with Gasteiger partial charge in [-0.25, -0.2) is 4.79 Å². The molecule has 0 saturated carbocycles. The summed E-state index contributed by atoms with van der Waals surface area (Å²) in [6.45, 7) is 3.39. The number of benzene rings is 2. The third kappa shape index (κ3) is 4.25. The standard InChI is InChI=1S/C21H20N2O5/c1-13-6-7-17(14(2)10-13)22-18(24)12-28-21(27)15-4-3-5-16(11-15)23-19(25)8-9-20(23)26/h3-7,10-11H,8-9,12H2,1-2H3,(H,22,24). The first kappa shape index (κ1) is 19.3. The lowest BCUT2D eigenvalue weighted by Gasteiger charge is -2.14. The van der Waals surface area contributed by atoms with Crippen LogP contribution in [0.2, 0.25) is 0 Å². The van der Waals surface area contributed by atoms with Crippen molar-refractivity contribution in [2.45, 2.75) is 26.7 Å². The van der Waals surface area contributed by atoms with Crippen molar-refractivity contribution >= 4 is 35.1 Å². The molecule has 7 nitrogen and oxygen atoms in total. The molecule has 1 aliphatic rings. The van der Waals surface area contributed by atoms with Gasteiger partial charge in [0.05, 0.1) is 11.3 Å². The second kappa shape index (κ2) is 8.04.